The molecule has 3 atom stereocenters. The molecule has 11 heavy (non-hydrogen) atoms. The van der Waals surface area contributed by atoms with Gasteiger partial charge in [0.15, 0.2) is 6.29 Å². The molecule has 3 rings (SSSR count). The summed E-state index contributed by atoms with van der Waals surface area (Å²) in [6, 6.07) is 0.683. The minimum atomic E-state index is 0.111. The number of fused-ring (bicyclic) bond motifs is 3. The largest absolute Gasteiger partial charge is 0.350 e. The van der Waals surface area contributed by atoms with Crippen LogP contribution in [-0.2, 0) is 9.57 Å². The van der Waals surface area contributed by atoms with E-state index < -0.39 is 0 Å². The zero-order valence-corrected chi connectivity index (χ0v) is 6.53. The molecule has 0 spiro atoms. The van der Waals surface area contributed by atoms with Crippen molar-refractivity contribution < 1.29 is 9.57 Å². The minimum Gasteiger partial charge on any atom is -0.350 e. The van der Waals surface area contributed by atoms with E-state index in [4.69, 9.17) is 9.57 Å². The lowest BCUT2D eigenvalue weighted by molar-refractivity contribution is -0.224. The Morgan fingerprint density at radius 3 is 3.27 bits per heavy atom. The first-order valence-corrected chi connectivity index (χ1v) is 4.50. The van der Waals surface area contributed by atoms with Gasteiger partial charge in [-0.3, -0.25) is 4.84 Å². The third kappa shape index (κ3) is 0.789. The molecule has 0 radical (unpaired) electrons. The highest BCUT2D eigenvalue weighted by molar-refractivity contribution is 4.90. The zero-order chi connectivity index (χ0) is 7.26. The van der Waals surface area contributed by atoms with E-state index in [1.54, 1.807) is 0 Å². The molecule has 0 amide bonds. The summed E-state index contributed by atoms with van der Waals surface area (Å²) in [7, 11) is 0. The molecule has 3 aliphatic rings. The Bertz CT molecular complexity index is 155. The summed E-state index contributed by atoms with van der Waals surface area (Å²) in [5, 5.41) is 2.13. The maximum atomic E-state index is 5.62. The summed E-state index contributed by atoms with van der Waals surface area (Å²) in [5.41, 5.74) is 0. The highest BCUT2D eigenvalue weighted by atomic mass is 16.8. The van der Waals surface area contributed by atoms with Crippen LogP contribution >= 0.6 is 0 Å². The zero-order valence-electron chi connectivity index (χ0n) is 6.53. The summed E-state index contributed by atoms with van der Waals surface area (Å²) in [6.07, 6.45) is 3.92. The van der Waals surface area contributed by atoms with Crippen LogP contribution in [0, 0.1) is 5.92 Å². The average molecular weight is 155 g/mol. The second kappa shape index (κ2) is 2.19. The van der Waals surface area contributed by atoms with Gasteiger partial charge in [0.1, 0.15) is 0 Å². The number of nitrogens with zero attached hydrogens (tertiary/aromatic N) is 1. The molecular weight excluding hydrogens is 142 g/mol. The average Bonchev–Trinajstić information content (AvgIpc) is 2.52. The molecule has 3 heterocycles. The normalized spacial score (nSPS) is 49.6. The van der Waals surface area contributed by atoms with Crippen molar-refractivity contribution in [2.75, 3.05) is 13.2 Å². The Morgan fingerprint density at radius 1 is 1.27 bits per heavy atom. The highest BCUT2D eigenvalue weighted by Crippen LogP contribution is 2.40. The van der Waals surface area contributed by atoms with Crippen LogP contribution in [0.2, 0.25) is 0 Å². The molecule has 3 aliphatic heterocycles. The summed E-state index contributed by atoms with van der Waals surface area (Å²) >= 11 is 0. The first-order valence-electron chi connectivity index (χ1n) is 4.50. The predicted octanol–water partition coefficient (Wildman–Crippen LogP) is 0.759. The van der Waals surface area contributed by atoms with Crippen LogP contribution in [0.4, 0.5) is 0 Å². The summed E-state index contributed by atoms with van der Waals surface area (Å²) in [4.78, 5) is 5.62. The Hall–Kier alpha value is -0.120. The first-order chi connectivity index (χ1) is 5.45. The molecule has 0 unspecified atom stereocenters. The van der Waals surface area contributed by atoms with Crippen LogP contribution in [0.1, 0.15) is 19.3 Å². The predicted molar refractivity (Wildman–Crippen MR) is 38.7 cm³/mol. The van der Waals surface area contributed by atoms with Crippen molar-refractivity contribution >= 4 is 0 Å². The van der Waals surface area contributed by atoms with E-state index in [1.165, 1.54) is 19.3 Å². The molecule has 62 valence electrons. The molecular formula is C8H13NO2. The number of hydroxylamine groups is 2. The maximum Gasteiger partial charge on any atom is 0.181 e. The van der Waals surface area contributed by atoms with E-state index in [-0.39, 0.29) is 6.29 Å². The van der Waals surface area contributed by atoms with E-state index in [2.05, 4.69) is 5.06 Å². The molecule has 3 heteroatoms. The standard InChI is InChI=1S/C8H13NO2/c1-2-7-6-3-5-10-8(6)11-9(7)4-1/h6-8H,1-5H2/t6-,7-,8+/m1/s1. The van der Waals surface area contributed by atoms with E-state index in [0.717, 1.165) is 13.2 Å². The van der Waals surface area contributed by atoms with E-state index in [1.807, 2.05) is 0 Å². The van der Waals surface area contributed by atoms with Gasteiger partial charge in [-0.25, -0.2) is 0 Å². The van der Waals surface area contributed by atoms with Crippen LogP contribution in [0.5, 0.6) is 0 Å². The quantitative estimate of drug-likeness (QED) is 0.515. The minimum absolute atomic E-state index is 0.111. The van der Waals surface area contributed by atoms with Gasteiger partial charge in [-0.2, -0.15) is 5.06 Å². The monoisotopic (exact) mass is 155 g/mol. The van der Waals surface area contributed by atoms with Gasteiger partial charge in [0.2, 0.25) is 0 Å². The van der Waals surface area contributed by atoms with Crippen molar-refractivity contribution in [2.45, 2.75) is 31.6 Å². The molecule has 3 nitrogen and oxygen atoms in total. The van der Waals surface area contributed by atoms with Crippen LogP contribution < -0.4 is 0 Å². The van der Waals surface area contributed by atoms with Gasteiger partial charge in [-0.1, -0.05) is 0 Å². The lowest BCUT2D eigenvalue weighted by Crippen LogP contribution is -2.25. The van der Waals surface area contributed by atoms with Gasteiger partial charge >= 0.3 is 0 Å². The van der Waals surface area contributed by atoms with Crippen molar-refractivity contribution in [3.8, 4) is 0 Å². The third-order valence-corrected chi connectivity index (χ3v) is 3.06. The molecule has 3 fully saturated rings. The third-order valence-electron chi connectivity index (χ3n) is 3.06. The van der Waals surface area contributed by atoms with E-state index in [0.29, 0.717) is 12.0 Å². The molecule has 0 aromatic carbocycles. The summed E-state index contributed by atoms with van der Waals surface area (Å²) < 4.78 is 5.45. The van der Waals surface area contributed by atoms with Gasteiger partial charge in [-0.05, 0) is 19.3 Å². The van der Waals surface area contributed by atoms with Crippen LogP contribution in [0.15, 0.2) is 0 Å². The smallest absolute Gasteiger partial charge is 0.181 e. The van der Waals surface area contributed by atoms with Crippen LogP contribution in [0.25, 0.3) is 0 Å². The molecule has 0 bridgehead atoms. The Morgan fingerprint density at radius 2 is 2.27 bits per heavy atom. The van der Waals surface area contributed by atoms with Gasteiger partial charge < -0.3 is 4.74 Å². The van der Waals surface area contributed by atoms with Crippen LogP contribution in [-0.4, -0.2) is 30.5 Å². The Kier molecular flexibility index (Phi) is 1.27. The lowest BCUT2D eigenvalue weighted by Gasteiger charge is -2.14. The second-order valence-electron chi connectivity index (χ2n) is 3.65. The summed E-state index contributed by atoms with van der Waals surface area (Å²) in [5.74, 6) is 0.678. The highest BCUT2D eigenvalue weighted by Gasteiger charge is 2.48. The molecule has 0 saturated carbocycles. The second-order valence-corrected chi connectivity index (χ2v) is 3.65. The molecule has 0 aromatic heterocycles. The number of hydrogen-bond acceptors (Lipinski definition) is 3. The lowest BCUT2D eigenvalue weighted by atomic mass is 9.97. The molecule has 3 saturated heterocycles. The molecule has 0 aliphatic carbocycles. The Balaban J connectivity index is 1.84. The van der Waals surface area contributed by atoms with Crippen molar-refractivity contribution in [3.63, 3.8) is 0 Å². The fourth-order valence-corrected chi connectivity index (χ4v) is 2.52. The SMILES string of the molecule is C1C[C@@H]2[C@H]3CCO[C@H]3ON2C1. The first kappa shape index (κ1) is 6.40. The Labute approximate surface area is 66.2 Å². The summed E-state index contributed by atoms with van der Waals surface area (Å²) in [6.45, 7) is 2.01. The van der Waals surface area contributed by atoms with Crippen molar-refractivity contribution in [2.24, 2.45) is 5.92 Å². The molecule has 0 aromatic rings. The van der Waals surface area contributed by atoms with Crippen molar-refractivity contribution in [3.05, 3.63) is 0 Å². The van der Waals surface area contributed by atoms with Gasteiger partial charge in [-0.15, -0.1) is 0 Å². The fourth-order valence-electron chi connectivity index (χ4n) is 2.52. The number of rotatable bonds is 0. The maximum absolute atomic E-state index is 5.62. The van der Waals surface area contributed by atoms with Gasteiger partial charge in [0.05, 0.1) is 6.61 Å². The van der Waals surface area contributed by atoms with Gasteiger partial charge in [0.25, 0.3) is 0 Å². The number of ether oxygens (including phenoxy) is 1. The topological polar surface area (TPSA) is 21.7 Å². The molecule has 0 N–H and O–H groups in total. The van der Waals surface area contributed by atoms with Crippen molar-refractivity contribution in [1.82, 2.24) is 5.06 Å². The fraction of sp³-hybridized carbons (Fsp3) is 1.00. The van der Waals surface area contributed by atoms with Gasteiger partial charge in [0, 0.05) is 18.5 Å². The van der Waals surface area contributed by atoms with Crippen LogP contribution in [0.3, 0.4) is 0 Å². The number of hydrogen-bond donors (Lipinski definition) is 0. The van der Waals surface area contributed by atoms with E-state index in [9.17, 15) is 0 Å². The van der Waals surface area contributed by atoms with E-state index >= 15 is 0 Å². The van der Waals surface area contributed by atoms with Crippen molar-refractivity contribution in [1.29, 1.82) is 0 Å².